The Morgan fingerprint density at radius 2 is 1.94 bits per heavy atom. The predicted molar refractivity (Wildman–Crippen MR) is 62.8 cm³/mol. The summed E-state index contributed by atoms with van der Waals surface area (Å²) in [5.74, 6) is -2.55. The van der Waals surface area contributed by atoms with Gasteiger partial charge < -0.3 is 10.4 Å². The van der Waals surface area contributed by atoms with Crippen LogP contribution in [0.25, 0.3) is 0 Å². The molecular weight excluding hydrogens is 270 g/mol. The fourth-order valence-electron chi connectivity index (χ4n) is 0.934. The molecule has 0 radical (unpaired) electrons. The summed E-state index contributed by atoms with van der Waals surface area (Å²) >= 11 is 0. The minimum absolute atomic E-state index is 0.137. The van der Waals surface area contributed by atoms with Crippen molar-refractivity contribution in [1.82, 2.24) is 5.32 Å². The number of rotatable bonds is 7. The molecule has 9 heteroatoms. The number of carbonyl (C=O) groups is 2. The summed E-state index contributed by atoms with van der Waals surface area (Å²) in [6.45, 7) is 1.15. The van der Waals surface area contributed by atoms with E-state index < -0.39 is 38.6 Å². The quantitative estimate of drug-likeness (QED) is 0.580. The van der Waals surface area contributed by atoms with E-state index in [1.165, 1.54) is 0 Å². The molecule has 0 aliphatic rings. The van der Waals surface area contributed by atoms with E-state index in [2.05, 4.69) is 5.32 Å². The second kappa shape index (κ2) is 6.70. The molecule has 100 valence electrons. The molecule has 2 unspecified atom stereocenters. The first-order valence-electron chi connectivity index (χ1n) is 4.64. The van der Waals surface area contributed by atoms with Crippen molar-refractivity contribution in [3.63, 3.8) is 0 Å². The molecule has 0 spiro atoms. The molecule has 0 bridgehead atoms. The molecule has 2 N–H and O–H groups in total. The number of carbonyl (C=O) groups excluding carboxylic acids is 1. The molecule has 0 heterocycles. The van der Waals surface area contributed by atoms with Crippen molar-refractivity contribution in [3.8, 4) is 0 Å². The topological polar surface area (TPSA) is 118 Å². The van der Waals surface area contributed by atoms with E-state index in [9.17, 15) is 22.2 Å². The number of sulfone groups is 1. The smallest absolute Gasteiger partial charge is 0.327 e. The van der Waals surface area contributed by atoms with Gasteiger partial charge in [-0.25, -0.2) is 13.2 Å². The normalized spacial score (nSPS) is 14.9. The van der Waals surface area contributed by atoms with Crippen LogP contribution in [0.1, 0.15) is 6.92 Å². The van der Waals surface area contributed by atoms with E-state index in [1.807, 2.05) is 0 Å². The standard InChI is InChI=1S/C8H15NO6S2/c1-6(10)9-7(8(11)12)5-16(13)3-4-17(2,14)15/h7H,3-5H2,1-2H3,(H,9,10)(H,11,12). The number of aliphatic carboxylic acids is 1. The molecule has 2 atom stereocenters. The van der Waals surface area contributed by atoms with Crippen LogP contribution in [0.3, 0.4) is 0 Å². The molecule has 1 amide bonds. The fraction of sp³-hybridized carbons (Fsp3) is 0.750. The van der Waals surface area contributed by atoms with E-state index in [0.29, 0.717) is 0 Å². The highest BCUT2D eigenvalue weighted by atomic mass is 32.2. The van der Waals surface area contributed by atoms with Crippen molar-refractivity contribution in [1.29, 1.82) is 0 Å². The summed E-state index contributed by atoms with van der Waals surface area (Å²) in [6, 6.07) is -1.26. The zero-order valence-corrected chi connectivity index (χ0v) is 11.1. The minimum atomic E-state index is -3.23. The maximum atomic E-state index is 11.4. The van der Waals surface area contributed by atoms with Crippen molar-refractivity contribution in [2.45, 2.75) is 13.0 Å². The molecule has 0 aromatic rings. The highest BCUT2D eigenvalue weighted by Gasteiger charge is 2.21. The van der Waals surface area contributed by atoms with Gasteiger partial charge in [0, 0.05) is 29.7 Å². The van der Waals surface area contributed by atoms with Gasteiger partial charge in [-0.15, -0.1) is 0 Å². The molecule has 0 saturated heterocycles. The summed E-state index contributed by atoms with van der Waals surface area (Å²) in [5, 5.41) is 10.9. The Morgan fingerprint density at radius 1 is 1.41 bits per heavy atom. The van der Waals surface area contributed by atoms with Crippen LogP contribution in [0.2, 0.25) is 0 Å². The SMILES string of the molecule is CC(=O)NC(CS(=O)CCS(C)(=O)=O)C(=O)O. The first-order chi connectivity index (χ1) is 7.61. The lowest BCUT2D eigenvalue weighted by molar-refractivity contribution is -0.140. The van der Waals surface area contributed by atoms with Gasteiger partial charge >= 0.3 is 5.97 Å². The molecule has 0 fully saturated rings. The van der Waals surface area contributed by atoms with Crippen LogP contribution in [0.15, 0.2) is 0 Å². The van der Waals surface area contributed by atoms with Crippen molar-refractivity contribution < 1.29 is 27.3 Å². The van der Waals surface area contributed by atoms with Gasteiger partial charge in [-0.1, -0.05) is 0 Å². The second-order valence-electron chi connectivity index (χ2n) is 3.53. The first-order valence-corrected chi connectivity index (χ1v) is 8.19. The summed E-state index contributed by atoms with van der Waals surface area (Å²) in [5.41, 5.74) is 0. The molecule has 0 aliphatic carbocycles. The molecule has 7 nitrogen and oxygen atoms in total. The van der Waals surface area contributed by atoms with Crippen LogP contribution >= 0.6 is 0 Å². The van der Waals surface area contributed by atoms with Crippen molar-refractivity contribution in [3.05, 3.63) is 0 Å². The lowest BCUT2D eigenvalue weighted by Crippen LogP contribution is -2.43. The van der Waals surface area contributed by atoms with E-state index in [1.54, 1.807) is 0 Å². The maximum absolute atomic E-state index is 11.4. The van der Waals surface area contributed by atoms with Crippen LogP contribution in [0.5, 0.6) is 0 Å². The monoisotopic (exact) mass is 285 g/mol. The average Bonchev–Trinajstić information content (AvgIpc) is 2.11. The summed E-state index contributed by atoms with van der Waals surface area (Å²) < 4.78 is 33.0. The lowest BCUT2D eigenvalue weighted by atomic mass is 10.3. The van der Waals surface area contributed by atoms with Crippen LogP contribution in [-0.2, 0) is 30.2 Å². The number of hydrogen-bond acceptors (Lipinski definition) is 5. The maximum Gasteiger partial charge on any atom is 0.327 e. The zero-order chi connectivity index (χ0) is 13.6. The number of carboxylic acid groups (broad SMARTS) is 1. The van der Waals surface area contributed by atoms with Gasteiger partial charge in [-0.05, 0) is 0 Å². The summed E-state index contributed by atoms with van der Waals surface area (Å²) in [4.78, 5) is 21.4. The Kier molecular flexibility index (Phi) is 6.32. The third-order valence-corrected chi connectivity index (χ3v) is 4.28. The minimum Gasteiger partial charge on any atom is -0.480 e. The Balaban J connectivity index is 4.32. The molecule has 17 heavy (non-hydrogen) atoms. The van der Waals surface area contributed by atoms with E-state index in [-0.39, 0.29) is 17.3 Å². The van der Waals surface area contributed by atoms with Crippen LogP contribution in [-0.4, -0.2) is 59.2 Å². The van der Waals surface area contributed by atoms with E-state index in [0.717, 1.165) is 13.2 Å². The number of hydrogen-bond donors (Lipinski definition) is 2. The van der Waals surface area contributed by atoms with Gasteiger partial charge in [0.25, 0.3) is 0 Å². The largest absolute Gasteiger partial charge is 0.480 e. The number of amides is 1. The Bertz CT molecular complexity index is 416. The lowest BCUT2D eigenvalue weighted by Gasteiger charge is -2.12. The third kappa shape index (κ3) is 8.81. The Labute approximate surface area is 102 Å². The van der Waals surface area contributed by atoms with Crippen molar-refractivity contribution >= 4 is 32.5 Å². The first kappa shape index (κ1) is 16.0. The fourth-order valence-corrected chi connectivity index (χ4v) is 3.65. The van der Waals surface area contributed by atoms with Crippen molar-refractivity contribution in [2.24, 2.45) is 0 Å². The summed E-state index contributed by atoms with van der Waals surface area (Å²) in [7, 11) is -4.83. The molecular formula is C8H15NO6S2. The Hall–Kier alpha value is -0.960. The van der Waals surface area contributed by atoms with Gasteiger partial charge in [0.1, 0.15) is 15.9 Å². The van der Waals surface area contributed by atoms with E-state index in [4.69, 9.17) is 5.11 Å². The molecule has 0 aromatic heterocycles. The van der Waals surface area contributed by atoms with E-state index >= 15 is 0 Å². The summed E-state index contributed by atoms with van der Waals surface area (Å²) in [6.07, 6.45) is 1.01. The predicted octanol–water partition coefficient (Wildman–Crippen LogP) is -1.63. The molecule has 0 aliphatic heterocycles. The average molecular weight is 285 g/mol. The van der Waals surface area contributed by atoms with Crippen molar-refractivity contribution in [2.75, 3.05) is 23.5 Å². The Morgan fingerprint density at radius 3 is 2.29 bits per heavy atom. The number of nitrogens with one attached hydrogen (secondary N) is 1. The van der Waals surface area contributed by atoms with Gasteiger partial charge in [0.05, 0.1) is 11.5 Å². The van der Waals surface area contributed by atoms with Crippen LogP contribution < -0.4 is 5.32 Å². The molecule has 0 rings (SSSR count). The highest BCUT2D eigenvalue weighted by Crippen LogP contribution is 1.94. The van der Waals surface area contributed by atoms with Gasteiger partial charge in [-0.2, -0.15) is 0 Å². The zero-order valence-electron chi connectivity index (χ0n) is 9.50. The van der Waals surface area contributed by atoms with Gasteiger partial charge in [0.2, 0.25) is 5.91 Å². The second-order valence-corrected chi connectivity index (χ2v) is 7.41. The van der Waals surface area contributed by atoms with Gasteiger partial charge in [-0.3, -0.25) is 9.00 Å². The highest BCUT2D eigenvalue weighted by molar-refractivity contribution is 7.92. The van der Waals surface area contributed by atoms with Gasteiger partial charge in [0.15, 0.2) is 0 Å². The molecule has 0 aromatic carbocycles. The van der Waals surface area contributed by atoms with Crippen LogP contribution in [0.4, 0.5) is 0 Å². The third-order valence-electron chi connectivity index (χ3n) is 1.71. The number of carboxylic acids is 1. The van der Waals surface area contributed by atoms with Crippen LogP contribution in [0, 0.1) is 0 Å². The molecule has 0 saturated carbocycles.